The first-order chi connectivity index (χ1) is 18.9. The average Bonchev–Trinajstić information content (AvgIpc) is 3.65. The van der Waals surface area contributed by atoms with Crippen molar-refractivity contribution in [1.82, 2.24) is 0 Å². The van der Waals surface area contributed by atoms with Gasteiger partial charge in [0.05, 0.1) is 16.8 Å². The van der Waals surface area contributed by atoms with Crippen LogP contribution in [0.15, 0.2) is 90.3 Å². The molecule has 4 aromatic rings. The number of halogens is 1. The van der Waals surface area contributed by atoms with Crippen LogP contribution >= 0.6 is 22.9 Å². The van der Waals surface area contributed by atoms with Gasteiger partial charge in [-0.2, -0.15) is 0 Å². The van der Waals surface area contributed by atoms with Crippen molar-refractivity contribution in [2.45, 2.75) is 24.4 Å². The Bertz CT molecular complexity index is 1690. The van der Waals surface area contributed by atoms with Crippen LogP contribution in [0, 0.1) is 12.8 Å². The summed E-state index contributed by atoms with van der Waals surface area (Å²) in [7, 11) is 0. The summed E-state index contributed by atoms with van der Waals surface area (Å²) in [5.41, 5.74) is 3.43. The number of carbonyl (C=O) groups is 3. The van der Waals surface area contributed by atoms with Crippen LogP contribution in [0.5, 0.6) is 0 Å². The van der Waals surface area contributed by atoms with Crippen molar-refractivity contribution in [2.75, 3.05) is 10.2 Å². The van der Waals surface area contributed by atoms with E-state index in [1.165, 1.54) is 11.3 Å². The van der Waals surface area contributed by atoms with Gasteiger partial charge in [-0.05, 0) is 72.0 Å². The summed E-state index contributed by atoms with van der Waals surface area (Å²) >= 11 is 7.48. The number of fused-ring (bicyclic) bond motifs is 6. The molecule has 39 heavy (non-hydrogen) atoms. The molecule has 5 nitrogen and oxygen atoms in total. The van der Waals surface area contributed by atoms with Gasteiger partial charge in [0.1, 0.15) is 11.5 Å². The fraction of sp³-hybridized carbons (Fsp3) is 0.156. The second-order valence-corrected chi connectivity index (χ2v) is 11.7. The Labute approximate surface area is 234 Å². The summed E-state index contributed by atoms with van der Waals surface area (Å²) in [5, 5.41) is 5.42. The highest BCUT2D eigenvalue weighted by Gasteiger charge is 2.70. The van der Waals surface area contributed by atoms with Gasteiger partial charge in [-0.25, -0.2) is 0 Å². The number of thiophene rings is 1. The molecular weight excluding hydrogens is 528 g/mol. The molecule has 0 aliphatic carbocycles. The summed E-state index contributed by atoms with van der Waals surface area (Å²) < 4.78 is 0. The molecule has 0 bridgehead atoms. The third-order valence-electron chi connectivity index (χ3n) is 8.23. The van der Waals surface area contributed by atoms with Crippen LogP contribution in [0.4, 0.5) is 11.4 Å². The van der Waals surface area contributed by atoms with E-state index in [-0.39, 0.29) is 17.5 Å². The quantitative estimate of drug-likeness (QED) is 0.292. The van der Waals surface area contributed by atoms with E-state index in [0.717, 1.165) is 22.4 Å². The molecule has 4 atom stereocenters. The van der Waals surface area contributed by atoms with Crippen LogP contribution in [0.2, 0.25) is 5.02 Å². The number of nitrogens with zero attached hydrogens (tertiary/aromatic N) is 1. The van der Waals surface area contributed by atoms with E-state index in [9.17, 15) is 14.4 Å². The summed E-state index contributed by atoms with van der Waals surface area (Å²) in [6.07, 6.45) is 4.01. The molecule has 3 aliphatic heterocycles. The summed E-state index contributed by atoms with van der Waals surface area (Å²) in [6, 6.07) is 22.4. The minimum absolute atomic E-state index is 0.208. The molecule has 1 saturated heterocycles. The zero-order chi connectivity index (χ0) is 26.9. The Morgan fingerprint density at radius 2 is 1.77 bits per heavy atom. The van der Waals surface area contributed by atoms with Crippen LogP contribution < -0.4 is 10.2 Å². The SMILES string of the molecule is Cc1ccc2c(c1)C=C[C@H]1N2[C@H](C(=O)c2ccc(Cl)cc2)[C@@H](C(=O)c2cccs2)[C@]12C(=O)Nc1ccccc12. The van der Waals surface area contributed by atoms with E-state index in [1.54, 1.807) is 30.3 Å². The topological polar surface area (TPSA) is 66.5 Å². The van der Waals surface area contributed by atoms with Crippen LogP contribution in [0.25, 0.3) is 6.08 Å². The first kappa shape index (κ1) is 24.1. The molecule has 3 aliphatic rings. The van der Waals surface area contributed by atoms with Crippen molar-refractivity contribution in [2.24, 2.45) is 5.92 Å². The van der Waals surface area contributed by atoms with Gasteiger partial charge in [0.25, 0.3) is 0 Å². The van der Waals surface area contributed by atoms with Crippen molar-refractivity contribution in [3.8, 4) is 0 Å². The minimum Gasteiger partial charge on any atom is -0.352 e. The number of hydrogen-bond donors (Lipinski definition) is 1. The number of para-hydroxylation sites is 1. The lowest BCUT2D eigenvalue weighted by Crippen LogP contribution is -2.51. The molecule has 7 heteroatoms. The first-order valence-corrected chi connectivity index (χ1v) is 14.0. The number of nitrogens with one attached hydrogen (secondary N) is 1. The average molecular weight is 551 g/mol. The zero-order valence-electron chi connectivity index (χ0n) is 20.9. The van der Waals surface area contributed by atoms with Crippen molar-refractivity contribution < 1.29 is 14.4 Å². The van der Waals surface area contributed by atoms with Crippen LogP contribution in [-0.4, -0.2) is 29.6 Å². The molecule has 1 N–H and O–H groups in total. The van der Waals surface area contributed by atoms with Gasteiger partial charge in [0.2, 0.25) is 5.91 Å². The second kappa shape index (κ2) is 8.76. The molecule has 7 rings (SSSR count). The van der Waals surface area contributed by atoms with Gasteiger partial charge in [-0.1, -0.05) is 59.6 Å². The van der Waals surface area contributed by atoms with Crippen molar-refractivity contribution in [3.05, 3.63) is 122 Å². The third-order valence-corrected chi connectivity index (χ3v) is 9.37. The lowest BCUT2D eigenvalue weighted by molar-refractivity contribution is -0.121. The number of benzene rings is 3. The Kier molecular flexibility index (Phi) is 5.41. The van der Waals surface area contributed by atoms with E-state index in [2.05, 4.69) is 11.4 Å². The number of aryl methyl sites for hydroxylation is 1. The molecule has 1 aromatic heterocycles. The lowest BCUT2D eigenvalue weighted by atomic mass is 9.64. The summed E-state index contributed by atoms with van der Waals surface area (Å²) in [5.74, 6) is -1.66. The molecule has 0 unspecified atom stereocenters. The largest absolute Gasteiger partial charge is 0.352 e. The molecule has 0 radical (unpaired) electrons. The minimum atomic E-state index is -1.30. The molecular formula is C32H23ClN2O3S. The van der Waals surface area contributed by atoms with Gasteiger partial charge in [-0.3, -0.25) is 14.4 Å². The fourth-order valence-electron chi connectivity index (χ4n) is 6.66. The van der Waals surface area contributed by atoms with Crippen LogP contribution in [0.3, 0.4) is 0 Å². The first-order valence-electron chi connectivity index (χ1n) is 12.8. The number of carbonyl (C=O) groups excluding carboxylic acids is 3. The van der Waals surface area contributed by atoms with Crippen molar-refractivity contribution >= 4 is 57.9 Å². The highest BCUT2D eigenvalue weighted by Crippen LogP contribution is 2.58. The van der Waals surface area contributed by atoms with Gasteiger partial charge in [0.15, 0.2) is 11.6 Å². The molecule has 1 spiro atoms. The normalized spacial score (nSPS) is 24.3. The maximum atomic E-state index is 14.5. The standard InChI is InChI=1S/C32H23ClN2O3S/c1-18-8-14-24-20(17-18)11-15-26-32(22-5-2-3-6-23(22)34-31(32)38)27(30(37)25-7-4-16-39-25)28(35(24)26)29(36)19-9-12-21(33)13-10-19/h2-17,26-28H,1H3,(H,34,38)/t26-,27+,28+,32-/m1/s1. The maximum Gasteiger partial charge on any atom is 0.238 e. The Hall–Kier alpha value is -4.00. The number of Topliss-reactive ketones (excluding diaryl/α,β-unsaturated/α-hetero) is 2. The predicted molar refractivity (Wildman–Crippen MR) is 155 cm³/mol. The summed E-state index contributed by atoms with van der Waals surface area (Å²) in [4.78, 5) is 45.9. The number of ketones is 2. The Balaban J connectivity index is 1.54. The molecule has 1 fully saturated rings. The van der Waals surface area contributed by atoms with Gasteiger partial charge in [-0.15, -0.1) is 11.3 Å². The van der Waals surface area contributed by atoms with Crippen LogP contribution in [0.1, 0.15) is 36.7 Å². The number of hydrogen-bond acceptors (Lipinski definition) is 5. The predicted octanol–water partition coefficient (Wildman–Crippen LogP) is 6.57. The third kappa shape index (κ3) is 3.35. The second-order valence-electron chi connectivity index (χ2n) is 10.3. The zero-order valence-corrected chi connectivity index (χ0v) is 22.5. The van der Waals surface area contributed by atoms with E-state index < -0.39 is 23.4 Å². The smallest absolute Gasteiger partial charge is 0.238 e. The highest BCUT2D eigenvalue weighted by atomic mass is 35.5. The lowest BCUT2D eigenvalue weighted by Gasteiger charge is -2.37. The van der Waals surface area contributed by atoms with Crippen molar-refractivity contribution in [3.63, 3.8) is 0 Å². The number of amides is 1. The summed E-state index contributed by atoms with van der Waals surface area (Å²) in [6.45, 7) is 2.02. The van der Waals surface area contributed by atoms with E-state index in [4.69, 9.17) is 11.6 Å². The Morgan fingerprint density at radius 1 is 0.974 bits per heavy atom. The fourth-order valence-corrected chi connectivity index (χ4v) is 7.49. The molecule has 4 heterocycles. The number of rotatable bonds is 4. The van der Waals surface area contributed by atoms with Gasteiger partial charge in [0, 0.05) is 22.0 Å². The molecule has 1 amide bonds. The number of anilines is 2. The molecule has 0 saturated carbocycles. The van der Waals surface area contributed by atoms with E-state index >= 15 is 0 Å². The Morgan fingerprint density at radius 3 is 2.54 bits per heavy atom. The monoisotopic (exact) mass is 550 g/mol. The van der Waals surface area contributed by atoms with Gasteiger partial charge < -0.3 is 10.2 Å². The molecule has 3 aromatic carbocycles. The maximum absolute atomic E-state index is 14.5. The van der Waals surface area contributed by atoms with E-state index in [0.29, 0.717) is 21.2 Å². The van der Waals surface area contributed by atoms with E-state index in [1.807, 2.05) is 71.8 Å². The van der Waals surface area contributed by atoms with Crippen molar-refractivity contribution in [1.29, 1.82) is 0 Å². The van der Waals surface area contributed by atoms with Gasteiger partial charge >= 0.3 is 0 Å². The molecule has 192 valence electrons. The highest BCUT2D eigenvalue weighted by molar-refractivity contribution is 7.12. The van der Waals surface area contributed by atoms with Crippen LogP contribution in [-0.2, 0) is 10.2 Å².